The van der Waals surface area contributed by atoms with Crippen molar-refractivity contribution in [3.05, 3.63) is 79.9 Å². The molecule has 1 spiro atoms. The summed E-state index contributed by atoms with van der Waals surface area (Å²) in [7, 11) is 0. The highest BCUT2D eigenvalue weighted by atomic mass is 32.2. The van der Waals surface area contributed by atoms with Gasteiger partial charge in [0.1, 0.15) is 18.2 Å². The second-order valence-corrected chi connectivity index (χ2v) is 13.3. The zero-order chi connectivity index (χ0) is 30.8. The molecule has 11 heteroatoms. The number of likely N-dealkylation sites (tertiary alicyclic amines) is 1. The maximum atomic E-state index is 14.7. The van der Waals surface area contributed by atoms with E-state index in [1.54, 1.807) is 43.3 Å². The van der Waals surface area contributed by atoms with E-state index in [0.29, 0.717) is 32.4 Å². The molecular weight excluding hydrogens is 576 g/mol. The molecule has 0 radical (unpaired) electrons. The molecule has 3 fully saturated rings. The van der Waals surface area contributed by atoms with Gasteiger partial charge in [-0.3, -0.25) is 14.4 Å². The maximum absolute atomic E-state index is 14.7. The van der Waals surface area contributed by atoms with Gasteiger partial charge in [-0.2, -0.15) is 0 Å². The van der Waals surface area contributed by atoms with Crippen molar-refractivity contribution in [2.75, 3.05) is 31.1 Å². The Bertz CT molecular complexity index is 1560. The Morgan fingerprint density at radius 1 is 1.05 bits per heavy atom. The van der Waals surface area contributed by atoms with Gasteiger partial charge in [-0.05, 0) is 49.9 Å². The average molecular weight is 615 g/mol. The van der Waals surface area contributed by atoms with Gasteiger partial charge in [0, 0.05) is 37.2 Å². The third kappa shape index (κ3) is 5.01. The summed E-state index contributed by atoms with van der Waals surface area (Å²) in [4.78, 5) is 48.6. The predicted molar refractivity (Wildman–Crippen MR) is 171 cm³/mol. The highest BCUT2D eigenvalue weighted by molar-refractivity contribution is 8.02. The summed E-state index contributed by atoms with van der Waals surface area (Å²) >= 11 is 1.65. The third-order valence-electron chi connectivity index (χ3n) is 9.16. The molecule has 10 nitrogen and oxygen atoms in total. The van der Waals surface area contributed by atoms with Crippen LogP contribution in [0.2, 0.25) is 0 Å². The molecule has 44 heavy (non-hydrogen) atoms. The average Bonchev–Trinajstić information content (AvgIpc) is 3.79. The van der Waals surface area contributed by atoms with E-state index in [1.165, 1.54) is 0 Å². The second-order valence-electron chi connectivity index (χ2n) is 11.7. The van der Waals surface area contributed by atoms with Gasteiger partial charge < -0.3 is 19.8 Å². The monoisotopic (exact) mass is 614 g/mol. The number of fused-ring (bicyclic) bond motifs is 2. The van der Waals surface area contributed by atoms with Gasteiger partial charge in [-0.1, -0.05) is 47.7 Å². The maximum Gasteiger partial charge on any atom is 0.248 e. The third-order valence-corrected chi connectivity index (χ3v) is 11.1. The van der Waals surface area contributed by atoms with Crippen molar-refractivity contribution in [1.29, 1.82) is 0 Å². The van der Waals surface area contributed by atoms with Crippen LogP contribution in [0.4, 0.5) is 5.69 Å². The summed E-state index contributed by atoms with van der Waals surface area (Å²) < 4.78 is 0.968. The number of aliphatic hydroxyl groups excluding tert-OH is 1. The van der Waals surface area contributed by atoms with Gasteiger partial charge in [0.2, 0.25) is 17.7 Å². The van der Waals surface area contributed by atoms with Gasteiger partial charge in [0.25, 0.3) is 0 Å². The van der Waals surface area contributed by atoms with E-state index in [0.717, 1.165) is 23.1 Å². The van der Waals surface area contributed by atoms with Crippen molar-refractivity contribution < 1.29 is 19.5 Å². The predicted octanol–water partition coefficient (Wildman–Crippen LogP) is 3.49. The number of hydrogen-bond acceptors (Lipinski definition) is 7. The molecule has 0 saturated carbocycles. The summed E-state index contributed by atoms with van der Waals surface area (Å²) in [6.07, 6.45) is 5.89. The number of carbonyl (C=O) groups excluding carboxylic acids is 3. The Morgan fingerprint density at radius 3 is 2.55 bits per heavy atom. The van der Waals surface area contributed by atoms with E-state index in [2.05, 4.69) is 23.5 Å². The first-order chi connectivity index (χ1) is 21.4. The highest BCUT2D eigenvalue weighted by Gasteiger charge is 2.74. The summed E-state index contributed by atoms with van der Waals surface area (Å²) in [6.45, 7) is 8.85. The molecule has 2 unspecified atom stereocenters. The smallest absolute Gasteiger partial charge is 0.248 e. The van der Waals surface area contributed by atoms with Crippen LogP contribution in [-0.2, 0) is 21.1 Å². The van der Waals surface area contributed by atoms with Crippen LogP contribution in [0.5, 0.6) is 0 Å². The van der Waals surface area contributed by atoms with E-state index in [9.17, 15) is 19.5 Å². The lowest BCUT2D eigenvalue weighted by Crippen LogP contribution is -2.55. The topological polar surface area (TPSA) is 112 Å². The van der Waals surface area contributed by atoms with Crippen LogP contribution in [0, 0.1) is 11.8 Å². The first-order valence-electron chi connectivity index (χ1n) is 15.2. The number of aromatic nitrogens is 3. The number of para-hydroxylation sites is 2. The van der Waals surface area contributed by atoms with Crippen molar-refractivity contribution in [2.24, 2.45) is 11.8 Å². The number of anilines is 1. The van der Waals surface area contributed by atoms with Crippen LogP contribution in [-0.4, -0.2) is 89.9 Å². The quantitative estimate of drug-likeness (QED) is 0.232. The van der Waals surface area contributed by atoms with Crippen molar-refractivity contribution >= 4 is 46.2 Å². The molecule has 2 aromatic carbocycles. The molecule has 230 valence electrons. The molecular formula is C33H38N6O4S. The summed E-state index contributed by atoms with van der Waals surface area (Å²) in [6, 6.07) is 16.3. The summed E-state index contributed by atoms with van der Waals surface area (Å²) in [5, 5.41) is 18.0. The minimum absolute atomic E-state index is 0.00268. The lowest BCUT2D eigenvalue weighted by Gasteiger charge is -2.37. The normalized spacial score (nSPS) is 25.3. The van der Waals surface area contributed by atoms with Gasteiger partial charge >= 0.3 is 0 Å². The SMILES string of the molecule is C=CCN(Cn1nnc2ccccc21)C(=O)C1N(CCCCO)C(=O)[C@@H]2[C@@H](C(=O)N(CC=C)c3ccccc3)[C@H]3CCC12S3. The molecule has 2 bridgehead atoms. The number of thioether (sulfide) groups is 1. The minimum atomic E-state index is -0.745. The summed E-state index contributed by atoms with van der Waals surface area (Å²) in [5.74, 6) is -1.60. The number of amides is 3. The standard InChI is InChI=1S/C33H38N6O4S/c1-3-18-36(22-39-25-15-9-8-14-24(25)34-35-39)32(43)29-33-17-16-26(44-33)27(28(33)31(42)38(29)20-10-11-21-40)30(41)37(19-4-2)23-12-6-5-7-13-23/h3-9,12-15,26-29,40H,1-2,10-11,16-22H2/t26-,27+,28+,29?,33?/m1/s1. The van der Waals surface area contributed by atoms with Crippen molar-refractivity contribution in [1.82, 2.24) is 24.8 Å². The number of rotatable bonds is 13. The van der Waals surface area contributed by atoms with Gasteiger partial charge in [0.15, 0.2) is 0 Å². The second kappa shape index (κ2) is 12.6. The molecule has 3 aromatic rings. The molecule has 6 rings (SSSR count). The van der Waals surface area contributed by atoms with E-state index in [1.807, 2.05) is 54.6 Å². The van der Waals surface area contributed by atoms with Gasteiger partial charge in [0.05, 0.1) is 22.1 Å². The number of hydrogen-bond donors (Lipinski definition) is 1. The summed E-state index contributed by atoms with van der Waals surface area (Å²) in [5.41, 5.74) is 2.29. The largest absolute Gasteiger partial charge is 0.396 e. The van der Waals surface area contributed by atoms with Crippen LogP contribution in [0.1, 0.15) is 25.7 Å². The molecule has 0 aliphatic carbocycles. The molecule has 4 heterocycles. The number of carbonyl (C=O) groups is 3. The van der Waals surface area contributed by atoms with Crippen LogP contribution in [0.25, 0.3) is 11.0 Å². The van der Waals surface area contributed by atoms with E-state index in [-0.39, 0.29) is 42.8 Å². The van der Waals surface area contributed by atoms with E-state index >= 15 is 0 Å². The molecule has 3 aliphatic rings. The lowest BCUT2D eigenvalue weighted by molar-refractivity contribution is -0.143. The molecule has 1 N–H and O–H groups in total. The highest BCUT2D eigenvalue weighted by Crippen LogP contribution is 2.66. The Labute approximate surface area is 261 Å². The number of aliphatic hydroxyl groups is 1. The Balaban J connectivity index is 1.36. The van der Waals surface area contributed by atoms with Gasteiger partial charge in [-0.25, -0.2) is 4.68 Å². The fraction of sp³-hybridized carbons (Fsp3) is 0.424. The lowest BCUT2D eigenvalue weighted by atomic mass is 9.70. The van der Waals surface area contributed by atoms with Crippen LogP contribution >= 0.6 is 11.8 Å². The fourth-order valence-electron chi connectivity index (χ4n) is 7.32. The number of benzene rings is 2. The first-order valence-corrected chi connectivity index (χ1v) is 16.1. The number of nitrogens with zero attached hydrogens (tertiary/aromatic N) is 6. The van der Waals surface area contributed by atoms with E-state index < -0.39 is 22.6 Å². The fourth-order valence-corrected chi connectivity index (χ4v) is 9.52. The van der Waals surface area contributed by atoms with Crippen molar-refractivity contribution in [3.63, 3.8) is 0 Å². The van der Waals surface area contributed by atoms with E-state index in [4.69, 9.17) is 0 Å². The van der Waals surface area contributed by atoms with Crippen LogP contribution < -0.4 is 4.90 Å². The Morgan fingerprint density at radius 2 is 1.80 bits per heavy atom. The molecule has 5 atom stereocenters. The van der Waals surface area contributed by atoms with Crippen molar-refractivity contribution in [2.45, 2.75) is 48.4 Å². The van der Waals surface area contributed by atoms with Crippen LogP contribution in [0.3, 0.4) is 0 Å². The first kappa shape index (κ1) is 30.1. The van der Waals surface area contributed by atoms with Crippen molar-refractivity contribution in [3.8, 4) is 0 Å². The number of unbranched alkanes of at least 4 members (excludes halogenated alkanes) is 1. The molecule has 1 aromatic heterocycles. The van der Waals surface area contributed by atoms with Gasteiger partial charge in [-0.15, -0.1) is 30.0 Å². The zero-order valence-corrected chi connectivity index (χ0v) is 25.5. The Hall–Kier alpha value is -3.96. The molecule has 3 aliphatic heterocycles. The Kier molecular flexibility index (Phi) is 8.59. The molecule has 3 saturated heterocycles. The zero-order valence-electron chi connectivity index (χ0n) is 24.7. The molecule has 3 amide bonds. The minimum Gasteiger partial charge on any atom is -0.396 e. The van der Waals surface area contributed by atoms with Crippen LogP contribution in [0.15, 0.2) is 79.9 Å².